The molecule has 1 N–H and O–H groups in total. The van der Waals surface area contributed by atoms with Gasteiger partial charge >= 0.3 is 0 Å². The van der Waals surface area contributed by atoms with Crippen molar-refractivity contribution in [3.05, 3.63) is 41.0 Å². The second kappa shape index (κ2) is 7.94. The van der Waals surface area contributed by atoms with E-state index in [4.69, 9.17) is 16.6 Å². The van der Waals surface area contributed by atoms with Crippen LogP contribution in [0.4, 0.5) is 11.6 Å². The van der Waals surface area contributed by atoms with Gasteiger partial charge in [-0.25, -0.2) is 9.97 Å². The fourth-order valence-electron chi connectivity index (χ4n) is 3.32. The minimum absolute atomic E-state index is 0.492. The molecule has 6 heteroatoms. The van der Waals surface area contributed by atoms with Crippen LogP contribution in [0.1, 0.15) is 37.7 Å². The van der Waals surface area contributed by atoms with E-state index in [1.165, 1.54) is 6.42 Å². The van der Waals surface area contributed by atoms with E-state index in [2.05, 4.69) is 4.98 Å². The summed E-state index contributed by atoms with van der Waals surface area (Å²) in [6, 6.07) is 7.63. The topological polar surface area (TPSA) is 49.2 Å². The summed E-state index contributed by atoms with van der Waals surface area (Å²) < 4.78 is 0. The van der Waals surface area contributed by atoms with Gasteiger partial charge in [0.1, 0.15) is 5.03 Å². The van der Waals surface area contributed by atoms with Gasteiger partial charge in [0.15, 0.2) is 0 Å². The molecule has 0 bridgehead atoms. The first kappa shape index (κ1) is 18.5. The number of aromatic nitrogens is 2. The first-order valence-electron chi connectivity index (χ1n) is 8.64. The second-order valence-electron chi connectivity index (χ2n) is 6.71. The third-order valence-corrected chi connectivity index (χ3v) is 5.77. The van der Waals surface area contributed by atoms with Crippen LogP contribution < -0.4 is 4.90 Å². The molecule has 1 aromatic heterocycles. The fourth-order valence-corrected chi connectivity index (χ4v) is 3.99. The summed E-state index contributed by atoms with van der Waals surface area (Å²) in [7, 11) is 0. The highest BCUT2D eigenvalue weighted by Crippen LogP contribution is 2.34. The predicted octanol–water partition coefficient (Wildman–Crippen LogP) is 4.99. The number of anilines is 2. The molecule has 134 valence electrons. The van der Waals surface area contributed by atoms with Crippen molar-refractivity contribution >= 4 is 35.0 Å². The zero-order valence-electron chi connectivity index (χ0n) is 14.7. The van der Waals surface area contributed by atoms with Crippen LogP contribution in [0, 0.1) is 6.92 Å². The Bertz CT molecular complexity index is 717. The number of thioether (sulfide) groups is 1. The van der Waals surface area contributed by atoms with Crippen LogP contribution in [-0.2, 0) is 0 Å². The number of hydrogen-bond donors (Lipinski definition) is 1. The van der Waals surface area contributed by atoms with Crippen molar-refractivity contribution in [1.29, 1.82) is 0 Å². The van der Waals surface area contributed by atoms with Crippen molar-refractivity contribution in [2.24, 2.45) is 0 Å². The van der Waals surface area contributed by atoms with Gasteiger partial charge in [0.25, 0.3) is 0 Å². The molecule has 2 aromatic rings. The third-order valence-electron chi connectivity index (χ3n) is 4.72. The Morgan fingerprint density at radius 3 is 2.52 bits per heavy atom. The van der Waals surface area contributed by atoms with Crippen LogP contribution in [-0.4, -0.2) is 33.5 Å². The Kier molecular flexibility index (Phi) is 5.87. The first-order valence-corrected chi connectivity index (χ1v) is 10.2. The Labute approximate surface area is 158 Å². The molecule has 0 aliphatic heterocycles. The number of aliphatic hydroxyl groups is 1. The van der Waals surface area contributed by atoms with Gasteiger partial charge in [0, 0.05) is 16.9 Å². The number of aryl methyl sites for hydroxylation is 1. The normalized spacial score (nSPS) is 16.6. The van der Waals surface area contributed by atoms with Crippen LogP contribution in [0.25, 0.3) is 0 Å². The number of hydrogen-bond acceptors (Lipinski definition) is 5. The van der Waals surface area contributed by atoms with E-state index >= 15 is 0 Å². The van der Waals surface area contributed by atoms with Crippen LogP contribution >= 0.6 is 23.4 Å². The molecule has 1 heterocycles. The van der Waals surface area contributed by atoms with Crippen LogP contribution in [0.2, 0.25) is 5.02 Å². The molecule has 0 radical (unpaired) electrons. The highest BCUT2D eigenvalue weighted by molar-refractivity contribution is 7.98. The maximum atomic E-state index is 11.1. The average Bonchev–Trinajstić information content (AvgIpc) is 2.62. The van der Waals surface area contributed by atoms with Crippen molar-refractivity contribution in [2.45, 2.75) is 49.7 Å². The molecule has 1 aromatic carbocycles. The highest BCUT2D eigenvalue weighted by Gasteiger charge is 2.33. The second-order valence-corrected chi connectivity index (χ2v) is 7.94. The first-order chi connectivity index (χ1) is 12.0. The van der Waals surface area contributed by atoms with Gasteiger partial charge in [-0.3, -0.25) is 0 Å². The SMILES string of the molecule is CSc1nc(N(CC2(O)CCCCC2)c2ccc(Cl)cc2)ncc1C. The monoisotopic (exact) mass is 377 g/mol. The van der Waals surface area contributed by atoms with Gasteiger partial charge in [-0.1, -0.05) is 30.9 Å². The van der Waals surface area contributed by atoms with E-state index in [1.54, 1.807) is 11.8 Å². The quantitative estimate of drug-likeness (QED) is 0.587. The molecule has 4 nitrogen and oxygen atoms in total. The molecule has 1 aliphatic carbocycles. The van der Waals surface area contributed by atoms with Crippen molar-refractivity contribution in [2.75, 3.05) is 17.7 Å². The van der Waals surface area contributed by atoms with Crippen molar-refractivity contribution in [3.8, 4) is 0 Å². The van der Waals surface area contributed by atoms with Crippen molar-refractivity contribution in [3.63, 3.8) is 0 Å². The Morgan fingerprint density at radius 2 is 1.88 bits per heavy atom. The molecule has 1 aliphatic rings. The van der Waals surface area contributed by atoms with E-state index in [0.717, 1.165) is 42.0 Å². The Morgan fingerprint density at radius 1 is 1.20 bits per heavy atom. The summed E-state index contributed by atoms with van der Waals surface area (Å²) in [4.78, 5) is 11.3. The number of nitrogens with zero attached hydrogens (tertiary/aromatic N) is 3. The van der Waals surface area contributed by atoms with Gasteiger partial charge in [0.2, 0.25) is 5.95 Å². The molecule has 0 unspecified atom stereocenters. The third kappa shape index (κ3) is 4.46. The van der Waals surface area contributed by atoms with Crippen LogP contribution in [0.5, 0.6) is 0 Å². The minimum Gasteiger partial charge on any atom is -0.388 e. The molecule has 0 atom stereocenters. The zero-order chi connectivity index (χ0) is 17.9. The van der Waals surface area contributed by atoms with E-state index in [1.807, 2.05) is 48.5 Å². The molecule has 0 saturated heterocycles. The Balaban J connectivity index is 1.97. The summed E-state index contributed by atoms with van der Waals surface area (Å²) in [6.07, 6.45) is 8.82. The van der Waals surface area contributed by atoms with Gasteiger partial charge in [-0.15, -0.1) is 11.8 Å². The average molecular weight is 378 g/mol. The molecule has 0 amide bonds. The van der Waals surface area contributed by atoms with E-state index in [0.29, 0.717) is 17.5 Å². The van der Waals surface area contributed by atoms with Crippen LogP contribution in [0.15, 0.2) is 35.5 Å². The fraction of sp³-hybridized carbons (Fsp3) is 0.474. The lowest BCUT2D eigenvalue weighted by Crippen LogP contribution is -2.43. The lowest BCUT2D eigenvalue weighted by Gasteiger charge is -2.37. The summed E-state index contributed by atoms with van der Waals surface area (Å²) in [5, 5.41) is 12.7. The van der Waals surface area contributed by atoms with E-state index in [9.17, 15) is 5.11 Å². The van der Waals surface area contributed by atoms with E-state index in [-0.39, 0.29) is 0 Å². The molecule has 25 heavy (non-hydrogen) atoms. The number of halogens is 1. The summed E-state index contributed by atoms with van der Waals surface area (Å²) in [6.45, 7) is 2.50. The molecule has 0 spiro atoms. The van der Waals surface area contributed by atoms with Gasteiger partial charge in [0.05, 0.1) is 12.1 Å². The maximum absolute atomic E-state index is 11.1. The van der Waals surface area contributed by atoms with Crippen molar-refractivity contribution < 1.29 is 5.11 Å². The minimum atomic E-state index is -0.703. The number of rotatable bonds is 5. The molecule has 1 saturated carbocycles. The Hall–Kier alpha value is -1.30. The number of benzene rings is 1. The van der Waals surface area contributed by atoms with Crippen LogP contribution in [0.3, 0.4) is 0 Å². The standard InChI is InChI=1S/C19H24ClN3OS/c1-14-12-21-18(22-17(14)25-2)23(16-8-6-15(20)7-9-16)13-19(24)10-4-3-5-11-19/h6-9,12,24H,3-5,10-11,13H2,1-2H3. The predicted molar refractivity (Wildman–Crippen MR) is 105 cm³/mol. The maximum Gasteiger partial charge on any atom is 0.231 e. The molecule has 3 rings (SSSR count). The largest absolute Gasteiger partial charge is 0.388 e. The lowest BCUT2D eigenvalue weighted by molar-refractivity contribution is 0.0126. The summed E-state index contributed by atoms with van der Waals surface area (Å²) in [5.41, 5.74) is 1.30. The molecule has 1 fully saturated rings. The van der Waals surface area contributed by atoms with Gasteiger partial charge in [-0.2, -0.15) is 0 Å². The lowest BCUT2D eigenvalue weighted by atomic mass is 9.84. The summed E-state index contributed by atoms with van der Waals surface area (Å²) >= 11 is 7.66. The highest BCUT2D eigenvalue weighted by atomic mass is 35.5. The molecular weight excluding hydrogens is 354 g/mol. The van der Waals surface area contributed by atoms with Gasteiger partial charge in [-0.05, 0) is 55.9 Å². The van der Waals surface area contributed by atoms with Crippen molar-refractivity contribution in [1.82, 2.24) is 9.97 Å². The zero-order valence-corrected chi connectivity index (χ0v) is 16.3. The smallest absolute Gasteiger partial charge is 0.231 e. The summed E-state index contributed by atoms with van der Waals surface area (Å²) in [5.74, 6) is 0.622. The van der Waals surface area contributed by atoms with E-state index < -0.39 is 5.60 Å². The van der Waals surface area contributed by atoms with Gasteiger partial charge < -0.3 is 10.0 Å². The molecular formula is C19H24ClN3OS.